The molecule has 3 rings (SSSR count). The quantitative estimate of drug-likeness (QED) is 0.790. The van der Waals surface area contributed by atoms with Gasteiger partial charge in [0, 0.05) is 30.3 Å². The summed E-state index contributed by atoms with van der Waals surface area (Å²) in [6.45, 7) is 10.2. The molecule has 1 aliphatic rings. The zero-order valence-corrected chi connectivity index (χ0v) is 16.2. The van der Waals surface area contributed by atoms with Gasteiger partial charge in [-0.25, -0.2) is 9.37 Å². The van der Waals surface area contributed by atoms with Gasteiger partial charge in [-0.2, -0.15) is 0 Å². The standard InChI is InChI=1S/C21H31FN4/c1-4-24-16(3)9-12-26-14-20(18-5-6-19(22)15(2)13-18)25-21(26)17-7-10-23-11-8-17/h5-6,13-14,16-17,23-24H,4,7-12H2,1-3H3. The summed E-state index contributed by atoms with van der Waals surface area (Å²) in [6.07, 6.45) is 5.48. The third-order valence-electron chi connectivity index (χ3n) is 5.32. The van der Waals surface area contributed by atoms with Gasteiger partial charge in [-0.3, -0.25) is 0 Å². The van der Waals surface area contributed by atoms with Gasteiger partial charge in [-0.1, -0.05) is 6.92 Å². The SMILES string of the molecule is CCNC(C)CCn1cc(-c2ccc(F)c(C)c2)nc1C1CCNCC1. The number of nitrogens with zero attached hydrogens (tertiary/aromatic N) is 2. The highest BCUT2D eigenvalue weighted by Gasteiger charge is 2.22. The lowest BCUT2D eigenvalue weighted by molar-refractivity contribution is 0.418. The van der Waals surface area contributed by atoms with E-state index in [1.165, 1.54) is 5.82 Å². The summed E-state index contributed by atoms with van der Waals surface area (Å²) in [6, 6.07) is 5.76. The highest BCUT2D eigenvalue weighted by molar-refractivity contribution is 5.60. The second kappa shape index (κ2) is 8.78. The van der Waals surface area contributed by atoms with Crippen LogP contribution >= 0.6 is 0 Å². The lowest BCUT2D eigenvalue weighted by atomic mass is 9.97. The van der Waals surface area contributed by atoms with Crippen molar-refractivity contribution in [3.63, 3.8) is 0 Å². The lowest BCUT2D eigenvalue weighted by Gasteiger charge is -2.23. The largest absolute Gasteiger partial charge is 0.334 e. The fraction of sp³-hybridized carbons (Fsp3) is 0.571. The number of hydrogen-bond acceptors (Lipinski definition) is 3. The highest BCUT2D eigenvalue weighted by atomic mass is 19.1. The molecule has 26 heavy (non-hydrogen) atoms. The summed E-state index contributed by atoms with van der Waals surface area (Å²) < 4.78 is 16.0. The molecule has 1 atom stereocenters. The van der Waals surface area contributed by atoms with Crippen LogP contribution in [0, 0.1) is 12.7 Å². The Bertz CT molecular complexity index is 719. The molecule has 2 heterocycles. The Morgan fingerprint density at radius 3 is 2.81 bits per heavy atom. The Labute approximate surface area is 156 Å². The molecule has 1 fully saturated rings. The average molecular weight is 359 g/mol. The molecule has 142 valence electrons. The molecule has 2 aromatic rings. The van der Waals surface area contributed by atoms with Crippen LogP contribution in [0.4, 0.5) is 4.39 Å². The van der Waals surface area contributed by atoms with Crippen LogP contribution in [-0.4, -0.2) is 35.2 Å². The van der Waals surface area contributed by atoms with E-state index in [0.717, 1.165) is 56.7 Å². The van der Waals surface area contributed by atoms with Gasteiger partial charge in [0.25, 0.3) is 0 Å². The Morgan fingerprint density at radius 2 is 2.12 bits per heavy atom. The van der Waals surface area contributed by atoms with E-state index in [9.17, 15) is 4.39 Å². The van der Waals surface area contributed by atoms with Gasteiger partial charge >= 0.3 is 0 Å². The molecular formula is C21H31FN4. The topological polar surface area (TPSA) is 41.9 Å². The van der Waals surface area contributed by atoms with Gasteiger partial charge in [-0.15, -0.1) is 0 Å². The predicted octanol–water partition coefficient (Wildman–Crippen LogP) is 3.85. The molecule has 5 heteroatoms. The van der Waals surface area contributed by atoms with Crippen LogP contribution < -0.4 is 10.6 Å². The van der Waals surface area contributed by atoms with Gasteiger partial charge < -0.3 is 15.2 Å². The van der Waals surface area contributed by atoms with Crippen molar-refractivity contribution < 1.29 is 4.39 Å². The summed E-state index contributed by atoms with van der Waals surface area (Å²) >= 11 is 0. The summed E-state index contributed by atoms with van der Waals surface area (Å²) in [7, 11) is 0. The molecule has 0 spiro atoms. The normalized spacial score (nSPS) is 16.8. The molecule has 4 nitrogen and oxygen atoms in total. The molecule has 0 aliphatic carbocycles. The molecule has 1 unspecified atom stereocenters. The summed E-state index contributed by atoms with van der Waals surface area (Å²) in [5.41, 5.74) is 2.62. The average Bonchev–Trinajstić information content (AvgIpc) is 3.07. The van der Waals surface area contributed by atoms with E-state index in [1.54, 1.807) is 6.07 Å². The van der Waals surface area contributed by atoms with E-state index >= 15 is 0 Å². The first kappa shape index (κ1) is 19.1. The van der Waals surface area contributed by atoms with Crippen molar-refractivity contribution in [2.75, 3.05) is 19.6 Å². The van der Waals surface area contributed by atoms with E-state index in [-0.39, 0.29) is 5.82 Å². The van der Waals surface area contributed by atoms with Gasteiger partial charge in [0.1, 0.15) is 11.6 Å². The summed E-state index contributed by atoms with van der Waals surface area (Å²) in [5.74, 6) is 1.53. The van der Waals surface area contributed by atoms with Gasteiger partial charge in [0.15, 0.2) is 0 Å². The fourth-order valence-electron chi connectivity index (χ4n) is 3.74. The van der Waals surface area contributed by atoms with Gasteiger partial charge in [0.05, 0.1) is 5.69 Å². The molecule has 1 aromatic heterocycles. The van der Waals surface area contributed by atoms with Gasteiger partial charge in [0.2, 0.25) is 0 Å². The van der Waals surface area contributed by atoms with Crippen LogP contribution in [0.1, 0.15) is 50.4 Å². The van der Waals surface area contributed by atoms with Crippen molar-refractivity contribution in [1.29, 1.82) is 0 Å². The van der Waals surface area contributed by atoms with Crippen LogP contribution in [0.2, 0.25) is 0 Å². The minimum atomic E-state index is -0.161. The summed E-state index contributed by atoms with van der Waals surface area (Å²) in [5, 5.41) is 6.92. The first-order valence-corrected chi connectivity index (χ1v) is 9.86. The zero-order valence-electron chi connectivity index (χ0n) is 16.2. The summed E-state index contributed by atoms with van der Waals surface area (Å²) in [4.78, 5) is 4.99. The van der Waals surface area contributed by atoms with Crippen molar-refractivity contribution in [3.05, 3.63) is 41.6 Å². The number of nitrogens with one attached hydrogen (secondary N) is 2. The third-order valence-corrected chi connectivity index (χ3v) is 5.32. The van der Waals surface area contributed by atoms with E-state index in [0.29, 0.717) is 17.5 Å². The highest BCUT2D eigenvalue weighted by Crippen LogP contribution is 2.29. The molecule has 1 aliphatic heterocycles. The lowest BCUT2D eigenvalue weighted by Crippen LogP contribution is -2.29. The number of aryl methyl sites for hydroxylation is 2. The Hall–Kier alpha value is -1.72. The monoisotopic (exact) mass is 358 g/mol. The first-order chi connectivity index (χ1) is 12.6. The Kier molecular flexibility index (Phi) is 6.43. The van der Waals surface area contributed by atoms with Crippen LogP contribution in [0.3, 0.4) is 0 Å². The van der Waals surface area contributed by atoms with Crippen molar-refractivity contribution in [2.45, 2.75) is 58.5 Å². The van der Waals surface area contributed by atoms with E-state index in [2.05, 4.69) is 35.2 Å². The van der Waals surface area contributed by atoms with Crippen LogP contribution in [0.5, 0.6) is 0 Å². The maximum atomic E-state index is 13.6. The fourth-order valence-corrected chi connectivity index (χ4v) is 3.74. The zero-order chi connectivity index (χ0) is 18.5. The second-order valence-electron chi connectivity index (χ2n) is 7.41. The predicted molar refractivity (Wildman–Crippen MR) is 105 cm³/mol. The van der Waals surface area contributed by atoms with Crippen LogP contribution in [-0.2, 0) is 6.54 Å². The van der Waals surface area contributed by atoms with Crippen molar-refractivity contribution >= 4 is 0 Å². The molecule has 0 bridgehead atoms. The number of hydrogen-bond donors (Lipinski definition) is 2. The molecule has 1 saturated heterocycles. The van der Waals surface area contributed by atoms with Crippen LogP contribution in [0.15, 0.2) is 24.4 Å². The molecule has 0 amide bonds. The Balaban J connectivity index is 1.87. The maximum Gasteiger partial charge on any atom is 0.126 e. The molecule has 2 N–H and O–H groups in total. The minimum Gasteiger partial charge on any atom is -0.334 e. The third kappa shape index (κ3) is 4.51. The second-order valence-corrected chi connectivity index (χ2v) is 7.41. The van der Waals surface area contributed by atoms with Crippen molar-refractivity contribution in [1.82, 2.24) is 20.2 Å². The van der Waals surface area contributed by atoms with Crippen molar-refractivity contribution in [2.24, 2.45) is 0 Å². The smallest absolute Gasteiger partial charge is 0.126 e. The van der Waals surface area contributed by atoms with E-state index in [4.69, 9.17) is 4.98 Å². The first-order valence-electron chi connectivity index (χ1n) is 9.86. The number of piperidine rings is 1. The number of halogens is 1. The molecular weight excluding hydrogens is 327 g/mol. The maximum absolute atomic E-state index is 13.6. The van der Waals surface area contributed by atoms with Crippen molar-refractivity contribution in [3.8, 4) is 11.3 Å². The number of benzene rings is 1. The minimum absolute atomic E-state index is 0.161. The van der Waals surface area contributed by atoms with Crippen LogP contribution in [0.25, 0.3) is 11.3 Å². The number of imidazole rings is 1. The molecule has 0 radical (unpaired) electrons. The molecule has 0 saturated carbocycles. The molecule has 1 aromatic carbocycles. The van der Waals surface area contributed by atoms with Gasteiger partial charge in [-0.05, 0) is 76.5 Å². The van der Waals surface area contributed by atoms with E-state index in [1.807, 2.05) is 19.1 Å². The Morgan fingerprint density at radius 1 is 1.35 bits per heavy atom. The number of aromatic nitrogens is 2. The van der Waals surface area contributed by atoms with E-state index < -0.39 is 0 Å². The number of rotatable bonds is 7.